The maximum atomic E-state index is 11.4. The van der Waals surface area contributed by atoms with Gasteiger partial charge in [0.15, 0.2) is 9.84 Å². The van der Waals surface area contributed by atoms with E-state index in [0.717, 1.165) is 0 Å². The highest BCUT2D eigenvalue weighted by atomic mass is 32.2. The second kappa shape index (κ2) is 4.63. The van der Waals surface area contributed by atoms with Crippen molar-refractivity contribution in [3.8, 4) is 0 Å². The van der Waals surface area contributed by atoms with Gasteiger partial charge in [-0.1, -0.05) is 20.8 Å². The Balaban J connectivity index is 2.76. The minimum absolute atomic E-state index is 0.0563. The van der Waals surface area contributed by atoms with Crippen molar-refractivity contribution in [2.24, 2.45) is 11.1 Å². The van der Waals surface area contributed by atoms with Crippen LogP contribution in [0.5, 0.6) is 0 Å². The molecule has 1 heterocycles. The lowest BCUT2D eigenvalue weighted by Gasteiger charge is -2.44. The van der Waals surface area contributed by atoms with Gasteiger partial charge < -0.3 is 5.73 Å². The third-order valence-electron chi connectivity index (χ3n) is 3.16. The molecule has 2 atom stereocenters. The van der Waals surface area contributed by atoms with Gasteiger partial charge in [-0.2, -0.15) is 0 Å². The van der Waals surface area contributed by atoms with Crippen molar-refractivity contribution < 1.29 is 8.42 Å². The van der Waals surface area contributed by atoms with Crippen molar-refractivity contribution in [3.05, 3.63) is 0 Å². The van der Waals surface area contributed by atoms with Gasteiger partial charge in [0.1, 0.15) is 0 Å². The molecule has 4 nitrogen and oxygen atoms in total. The van der Waals surface area contributed by atoms with Crippen molar-refractivity contribution in [1.82, 2.24) is 4.90 Å². The third-order valence-corrected chi connectivity index (χ3v) is 4.77. The van der Waals surface area contributed by atoms with Crippen LogP contribution in [-0.4, -0.2) is 50.0 Å². The van der Waals surface area contributed by atoms with Crippen molar-refractivity contribution in [3.63, 3.8) is 0 Å². The van der Waals surface area contributed by atoms with Crippen molar-refractivity contribution in [2.45, 2.75) is 39.8 Å². The monoisotopic (exact) mass is 248 g/mol. The molecule has 1 aliphatic rings. The van der Waals surface area contributed by atoms with E-state index in [1.165, 1.54) is 0 Å². The van der Waals surface area contributed by atoms with Crippen molar-refractivity contribution in [1.29, 1.82) is 0 Å². The Morgan fingerprint density at radius 3 is 1.94 bits per heavy atom. The smallest absolute Gasteiger partial charge is 0.152 e. The molecule has 0 radical (unpaired) electrons. The van der Waals surface area contributed by atoms with Crippen LogP contribution >= 0.6 is 0 Å². The Kier molecular flexibility index (Phi) is 4.03. The standard InChI is InChI=1S/C11H24N2O2S/c1-9(12)10(11(2,3)4)13-5-7-16(14,15)8-6-13/h9-10H,5-8,12H2,1-4H3. The van der Waals surface area contributed by atoms with Gasteiger partial charge in [-0.3, -0.25) is 4.90 Å². The highest BCUT2D eigenvalue weighted by Crippen LogP contribution is 2.27. The highest BCUT2D eigenvalue weighted by molar-refractivity contribution is 7.91. The van der Waals surface area contributed by atoms with Gasteiger partial charge in [-0.05, 0) is 12.3 Å². The zero-order valence-electron chi connectivity index (χ0n) is 10.7. The Morgan fingerprint density at radius 2 is 1.62 bits per heavy atom. The molecule has 5 heteroatoms. The minimum Gasteiger partial charge on any atom is -0.327 e. The van der Waals surface area contributed by atoms with Crippen LogP contribution in [0.2, 0.25) is 0 Å². The topological polar surface area (TPSA) is 63.4 Å². The highest BCUT2D eigenvalue weighted by Gasteiger charge is 2.36. The molecule has 1 fully saturated rings. The van der Waals surface area contributed by atoms with E-state index in [4.69, 9.17) is 5.73 Å². The molecule has 2 unspecified atom stereocenters. The van der Waals surface area contributed by atoms with E-state index in [1.54, 1.807) is 0 Å². The number of nitrogens with two attached hydrogens (primary N) is 1. The summed E-state index contributed by atoms with van der Waals surface area (Å²) in [5.41, 5.74) is 6.11. The molecule has 0 aliphatic carbocycles. The first-order valence-electron chi connectivity index (χ1n) is 5.83. The summed E-state index contributed by atoms with van der Waals surface area (Å²) in [5, 5.41) is 0. The fraction of sp³-hybridized carbons (Fsp3) is 1.00. The van der Waals surface area contributed by atoms with Crippen LogP contribution in [-0.2, 0) is 9.84 Å². The molecule has 1 rings (SSSR count). The Bertz CT molecular complexity index is 316. The third kappa shape index (κ3) is 3.43. The number of rotatable bonds is 2. The number of sulfone groups is 1. The summed E-state index contributed by atoms with van der Waals surface area (Å²) in [4.78, 5) is 2.23. The first kappa shape index (κ1) is 13.9. The average Bonchev–Trinajstić information content (AvgIpc) is 2.05. The molecule has 0 saturated carbocycles. The molecule has 0 aromatic heterocycles. The molecule has 1 aliphatic heterocycles. The number of nitrogens with zero attached hydrogens (tertiary/aromatic N) is 1. The SMILES string of the molecule is CC(N)C(N1CCS(=O)(=O)CC1)C(C)(C)C. The lowest BCUT2D eigenvalue weighted by molar-refractivity contribution is 0.0899. The van der Waals surface area contributed by atoms with Crippen LogP contribution in [0.1, 0.15) is 27.7 Å². The molecule has 96 valence electrons. The summed E-state index contributed by atoms with van der Waals surface area (Å²) in [7, 11) is -2.80. The number of hydrogen-bond acceptors (Lipinski definition) is 4. The summed E-state index contributed by atoms with van der Waals surface area (Å²) in [5.74, 6) is 0.540. The lowest BCUT2D eigenvalue weighted by atomic mass is 9.82. The second-order valence-corrected chi connectivity index (χ2v) is 8.16. The van der Waals surface area contributed by atoms with Crippen molar-refractivity contribution >= 4 is 9.84 Å². The van der Waals surface area contributed by atoms with Gasteiger partial charge in [0, 0.05) is 25.2 Å². The molecule has 0 aromatic carbocycles. The van der Waals surface area contributed by atoms with E-state index in [0.29, 0.717) is 13.1 Å². The van der Waals surface area contributed by atoms with Gasteiger partial charge in [0.2, 0.25) is 0 Å². The Hall–Kier alpha value is -0.130. The van der Waals surface area contributed by atoms with Crippen LogP contribution in [0.3, 0.4) is 0 Å². The van der Waals surface area contributed by atoms with E-state index in [9.17, 15) is 8.42 Å². The van der Waals surface area contributed by atoms with Gasteiger partial charge in [-0.15, -0.1) is 0 Å². The summed E-state index contributed by atoms with van der Waals surface area (Å²) in [6, 6.07) is 0.295. The Morgan fingerprint density at radius 1 is 1.19 bits per heavy atom. The maximum Gasteiger partial charge on any atom is 0.152 e. The first-order valence-corrected chi connectivity index (χ1v) is 7.66. The molecule has 2 N–H and O–H groups in total. The summed E-state index contributed by atoms with van der Waals surface area (Å²) < 4.78 is 22.8. The van der Waals surface area contributed by atoms with Crippen molar-refractivity contribution in [2.75, 3.05) is 24.6 Å². The van der Waals surface area contributed by atoms with Crippen LogP contribution in [0.15, 0.2) is 0 Å². The molecule has 1 saturated heterocycles. The Labute approximate surface area is 99.1 Å². The fourth-order valence-corrected chi connectivity index (χ4v) is 3.90. The summed E-state index contributed by atoms with van der Waals surface area (Å²) in [6.45, 7) is 9.70. The van der Waals surface area contributed by atoms with E-state index >= 15 is 0 Å². The molecule has 0 amide bonds. The van der Waals surface area contributed by atoms with Gasteiger partial charge in [-0.25, -0.2) is 8.42 Å². The van der Waals surface area contributed by atoms with Gasteiger partial charge in [0.05, 0.1) is 11.5 Å². The van der Waals surface area contributed by atoms with Crippen LogP contribution in [0.4, 0.5) is 0 Å². The molecule has 0 aromatic rings. The van der Waals surface area contributed by atoms with E-state index in [1.807, 2.05) is 6.92 Å². The average molecular weight is 248 g/mol. The van der Waals surface area contributed by atoms with Crippen LogP contribution < -0.4 is 5.73 Å². The largest absolute Gasteiger partial charge is 0.327 e. The normalized spacial score (nSPS) is 26.3. The summed E-state index contributed by atoms with van der Waals surface area (Å²) in [6.07, 6.45) is 0. The lowest BCUT2D eigenvalue weighted by Crippen LogP contribution is -2.57. The van der Waals surface area contributed by atoms with E-state index < -0.39 is 9.84 Å². The van der Waals surface area contributed by atoms with E-state index in [-0.39, 0.29) is 29.0 Å². The quantitative estimate of drug-likeness (QED) is 0.772. The van der Waals surface area contributed by atoms with Crippen LogP contribution in [0.25, 0.3) is 0 Å². The summed E-state index contributed by atoms with van der Waals surface area (Å²) >= 11 is 0. The first-order chi connectivity index (χ1) is 7.13. The zero-order chi connectivity index (χ0) is 12.6. The second-order valence-electron chi connectivity index (χ2n) is 5.86. The maximum absolute atomic E-state index is 11.4. The molecular weight excluding hydrogens is 224 g/mol. The fourth-order valence-electron chi connectivity index (χ4n) is 2.67. The molecular formula is C11H24N2O2S. The van der Waals surface area contributed by atoms with Gasteiger partial charge >= 0.3 is 0 Å². The molecule has 16 heavy (non-hydrogen) atoms. The zero-order valence-corrected chi connectivity index (χ0v) is 11.5. The number of hydrogen-bond donors (Lipinski definition) is 1. The van der Waals surface area contributed by atoms with Gasteiger partial charge in [0.25, 0.3) is 0 Å². The molecule has 0 bridgehead atoms. The predicted octanol–water partition coefficient (Wildman–Crippen LogP) is 0.479. The minimum atomic E-state index is -2.80. The predicted molar refractivity (Wildman–Crippen MR) is 67.1 cm³/mol. The van der Waals surface area contributed by atoms with Crippen LogP contribution in [0, 0.1) is 5.41 Å². The van der Waals surface area contributed by atoms with E-state index in [2.05, 4.69) is 25.7 Å². The molecule has 0 spiro atoms.